The second-order valence-electron chi connectivity index (χ2n) is 3.09. The van der Waals surface area contributed by atoms with Crippen LogP contribution in [0, 0.1) is 12.8 Å². The van der Waals surface area contributed by atoms with Crippen molar-refractivity contribution in [1.29, 1.82) is 0 Å². The van der Waals surface area contributed by atoms with Crippen LogP contribution in [0.25, 0.3) is 0 Å². The first-order chi connectivity index (χ1) is 4.85. The first-order valence-corrected chi connectivity index (χ1v) is 4.64. The van der Waals surface area contributed by atoms with Crippen LogP contribution in [0.5, 0.6) is 0 Å². The molecule has 0 radical (unpaired) electrons. The Hall–Kier alpha value is 1.25. The van der Waals surface area contributed by atoms with Crippen molar-refractivity contribution in [3.63, 3.8) is 0 Å². The minimum Gasteiger partial charge on any atom is -1.00 e. The third-order valence-electron chi connectivity index (χ3n) is 2.01. The Bertz CT molecular complexity index is 52.6. The summed E-state index contributed by atoms with van der Waals surface area (Å²) in [7, 11) is 0. The minimum atomic E-state index is 0. The molecule has 0 aromatic heterocycles. The van der Waals surface area contributed by atoms with Crippen molar-refractivity contribution < 1.29 is 17.0 Å². The predicted molar refractivity (Wildman–Crippen MR) is 53.7 cm³/mol. The van der Waals surface area contributed by atoms with Gasteiger partial charge in [0.25, 0.3) is 0 Å². The molecule has 0 saturated heterocycles. The summed E-state index contributed by atoms with van der Waals surface area (Å²) >= 11 is 0. The van der Waals surface area contributed by atoms with E-state index in [2.05, 4.69) is 20.8 Å². The van der Waals surface area contributed by atoms with Gasteiger partial charge in [0, 0.05) is 0 Å². The summed E-state index contributed by atoms with van der Waals surface area (Å²) in [5.41, 5.74) is 0. The molecule has 0 spiro atoms. The maximum absolute atomic E-state index is 3.89. The molecule has 12 heavy (non-hydrogen) atoms. The zero-order valence-electron chi connectivity index (χ0n) is 8.61. The fourth-order valence-corrected chi connectivity index (χ4v) is 1.54. The number of rotatable bonds is 6. The monoisotopic (exact) mass is 244 g/mol. The summed E-state index contributed by atoms with van der Waals surface area (Å²) in [6.45, 7) is 8.43. The smallest absolute Gasteiger partial charge is 1.00 e. The second-order valence-corrected chi connectivity index (χ2v) is 3.09. The summed E-state index contributed by atoms with van der Waals surface area (Å²) in [5.74, 6) is 0.965. The van der Waals surface area contributed by atoms with E-state index >= 15 is 0 Å². The first-order valence-electron chi connectivity index (χ1n) is 4.64. The van der Waals surface area contributed by atoms with Gasteiger partial charge < -0.3 is 23.9 Å². The van der Waals surface area contributed by atoms with Crippen LogP contribution in [0.3, 0.4) is 0 Å². The molecular weight excluding hydrogens is 224 g/mol. The Morgan fingerprint density at radius 1 is 1.00 bits per heavy atom. The van der Waals surface area contributed by atoms with Crippen LogP contribution in [0.1, 0.15) is 52.4 Å². The van der Waals surface area contributed by atoms with E-state index in [-0.39, 0.29) is 40.0 Å². The SMILES string of the molecule is [Br-].[CH2-]CCC(CCC)CCC.[Mg+2]. The minimum absolute atomic E-state index is 0. The molecule has 0 nitrogen and oxygen atoms in total. The van der Waals surface area contributed by atoms with Gasteiger partial charge in [0.2, 0.25) is 0 Å². The van der Waals surface area contributed by atoms with Crippen molar-refractivity contribution in [3.05, 3.63) is 6.92 Å². The van der Waals surface area contributed by atoms with Crippen molar-refractivity contribution in [1.82, 2.24) is 0 Å². The molecule has 0 saturated carbocycles. The van der Waals surface area contributed by atoms with Crippen LogP contribution in [-0.4, -0.2) is 23.1 Å². The van der Waals surface area contributed by atoms with Gasteiger partial charge in [-0.15, -0.1) is 0 Å². The molecule has 0 N–H and O–H groups in total. The summed E-state index contributed by atoms with van der Waals surface area (Å²) in [5, 5.41) is 0. The zero-order chi connectivity index (χ0) is 7.82. The van der Waals surface area contributed by atoms with Gasteiger partial charge in [-0.2, -0.15) is 6.42 Å². The summed E-state index contributed by atoms with van der Waals surface area (Å²) in [6.07, 6.45) is 7.94. The fraction of sp³-hybridized carbons (Fsp3) is 0.900. The van der Waals surface area contributed by atoms with E-state index in [0.717, 1.165) is 12.3 Å². The van der Waals surface area contributed by atoms with Gasteiger partial charge in [-0.3, -0.25) is 0 Å². The Labute approximate surface area is 105 Å². The van der Waals surface area contributed by atoms with Crippen LogP contribution >= 0.6 is 0 Å². The molecule has 0 fully saturated rings. The van der Waals surface area contributed by atoms with Gasteiger partial charge in [-0.25, -0.2) is 0 Å². The summed E-state index contributed by atoms with van der Waals surface area (Å²) in [4.78, 5) is 0. The molecule has 0 aromatic carbocycles. The average molecular weight is 245 g/mol. The van der Waals surface area contributed by atoms with Crippen molar-refractivity contribution in [2.24, 2.45) is 5.92 Å². The normalized spacial score (nSPS) is 9.00. The van der Waals surface area contributed by atoms with Crippen LogP contribution in [-0.2, 0) is 0 Å². The molecule has 0 rings (SSSR count). The maximum Gasteiger partial charge on any atom is 2.00 e. The van der Waals surface area contributed by atoms with Gasteiger partial charge in [-0.05, 0) is 5.92 Å². The number of hydrogen-bond donors (Lipinski definition) is 0. The van der Waals surface area contributed by atoms with Crippen molar-refractivity contribution in [2.75, 3.05) is 0 Å². The van der Waals surface area contributed by atoms with E-state index in [1.807, 2.05) is 0 Å². The van der Waals surface area contributed by atoms with Crippen molar-refractivity contribution in [2.45, 2.75) is 52.4 Å². The van der Waals surface area contributed by atoms with E-state index in [4.69, 9.17) is 0 Å². The summed E-state index contributed by atoms with van der Waals surface area (Å²) < 4.78 is 0. The van der Waals surface area contributed by atoms with Crippen molar-refractivity contribution in [3.8, 4) is 0 Å². The summed E-state index contributed by atoms with van der Waals surface area (Å²) in [6, 6.07) is 0. The van der Waals surface area contributed by atoms with Crippen LogP contribution < -0.4 is 17.0 Å². The molecule has 0 aliphatic heterocycles. The van der Waals surface area contributed by atoms with Gasteiger partial charge >= 0.3 is 23.1 Å². The fourth-order valence-electron chi connectivity index (χ4n) is 1.54. The Morgan fingerprint density at radius 2 is 1.42 bits per heavy atom. The topological polar surface area (TPSA) is 0 Å². The van der Waals surface area contributed by atoms with Crippen LogP contribution in [0.4, 0.5) is 0 Å². The van der Waals surface area contributed by atoms with Gasteiger partial charge in [0.05, 0.1) is 0 Å². The molecular formula is C10H21BrMg. The van der Waals surface area contributed by atoms with E-state index in [0.29, 0.717) is 0 Å². The molecule has 0 heterocycles. The molecule has 0 amide bonds. The maximum atomic E-state index is 3.89. The average Bonchev–Trinajstić information content (AvgIpc) is 1.90. The molecule has 70 valence electrons. The van der Waals surface area contributed by atoms with E-state index in [1.165, 1.54) is 32.1 Å². The van der Waals surface area contributed by atoms with Gasteiger partial charge in [-0.1, -0.05) is 46.0 Å². The molecule has 0 bridgehead atoms. The van der Waals surface area contributed by atoms with Crippen molar-refractivity contribution >= 4 is 23.1 Å². The third kappa shape index (κ3) is 11.2. The number of halogens is 1. The zero-order valence-corrected chi connectivity index (χ0v) is 11.6. The van der Waals surface area contributed by atoms with Crippen LogP contribution in [0.15, 0.2) is 0 Å². The number of hydrogen-bond acceptors (Lipinski definition) is 0. The first kappa shape index (κ1) is 18.9. The van der Waals surface area contributed by atoms with Crippen LogP contribution in [0.2, 0.25) is 0 Å². The largest absolute Gasteiger partial charge is 2.00 e. The Balaban J connectivity index is -0.000000405. The van der Waals surface area contributed by atoms with Gasteiger partial charge in [0.15, 0.2) is 0 Å². The molecule has 0 unspecified atom stereocenters. The molecule has 2 heteroatoms. The molecule has 0 atom stereocenters. The third-order valence-corrected chi connectivity index (χ3v) is 2.01. The standard InChI is InChI=1S/C10H21.BrH.Mg/c1-4-7-10(8-5-2)9-6-3;;/h10H,1,4-9H2,2-3H3;1H;/q-1;;+2/p-1. The Kier molecular flexibility index (Phi) is 23.3. The molecule has 0 aliphatic carbocycles. The quantitative estimate of drug-likeness (QED) is 0.471. The molecule has 0 aliphatic rings. The second kappa shape index (κ2) is 14.8. The predicted octanol–water partition coefficient (Wildman–Crippen LogP) is 0.440. The van der Waals surface area contributed by atoms with Gasteiger partial charge in [0.1, 0.15) is 0 Å². The van der Waals surface area contributed by atoms with E-state index in [9.17, 15) is 0 Å². The Morgan fingerprint density at radius 3 is 1.67 bits per heavy atom. The molecule has 0 aromatic rings. The van der Waals surface area contributed by atoms with E-state index < -0.39 is 0 Å². The van der Waals surface area contributed by atoms with E-state index in [1.54, 1.807) is 0 Å².